The van der Waals surface area contributed by atoms with Gasteiger partial charge < -0.3 is 18.9 Å². The van der Waals surface area contributed by atoms with Gasteiger partial charge in [-0.15, -0.1) is 0 Å². The minimum Gasteiger partial charge on any atom is -0.489 e. The van der Waals surface area contributed by atoms with Crippen LogP contribution in [0.5, 0.6) is 23.0 Å². The van der Waals surface area contributed by atoms with Crippen molar-refractivity contribution in [1.29, 1.82) is 0 Å². The molecule has 0 bridgehead atoms. The van der Waals surface area contributed by atoms with E-state index in [4.69, 9.17) is 18.9 Å². The van der Waals surface area contributed by atoms with Crippen LogP contribution in [0.25, 0.3) is 57.7 Å². The standard InChI is InChI=1S/C77H68O4/c1-9-56-18-26-60(27-19-56)48-78-73-40-38-67(42-52(73)5)69-44-54(7)76(80-50-62-30-22-58(11-3)23-31-62)71(46-69)75(66-36-34-65(35-37-66)64-16-14-13-15-17-64)72-47-70(45-55(8)77(72)81-51-63-32-24-59(12-4)25-33-63)68-39-41-74(53(6)43-68)79-49-61-28-20-57(10-2)21-29-61/h9-47,75H,1-4,48-51H2,5-8H3. The van der Waals surface area contributed by atoms with Gasteiger partial charge in [-0.3, -0.25) is 0 Å². The molecule has 0 spiro atoms. The summed E-state index contributed by atoms with van der Waals surface area (Å²) in [6.07, 6.45) is 7.43. The van der Waals surface area contributed by atoms with Gasteiger partial charge in [-0.2, -0.15) is 0 Å². The molecular weight excluding hydrogens is 989 g/mol. The normalized spacial score (nSPS) is 11.0. The summed E-state index contributed by atoms with van der Waals surface area (Å²) in [7, 11) is 0. The van der Waals surface area contributed by atoms with Crippen LogP contribution < -0.4 is 18.9 Å². The summed E-state index contributed by atoms with van der Waals surface area (Å²) >= 11 is 0. The molecule has 0 aliphatic heterocycles. The molecule has 4 nitrogen and oxygen atoms in total. The maximum atomic E-state index is 7.18. The van der Waals surface area contributed by atoms with Crippen LogP contribution in [-0.2, 0) is 26.4 Å². The lowest BCUT2D eigenvalue weighted by atomic mass is 9.80. The number of aryl methyl sites for hydroxylation is 4. The van der Waals surface area contributed by atoms with E-state index in [1.54, 1.807) is 0 Å². The summed E-state index contributed by atoms with van der Waals surface area (Å²) in [4.78, 5) is 0. The molecule has 0 amide bonds. The van der Waals surface area contributed by atoms with Crippen molar-refractivity contribution in [1.82, 2.24) is 0 Å². The zero-order chi connectivity index (χ0) is 56.2. The van der Waals surface area contributed by atoms with Crippen LogP contribution in [0.4, 0.5) is 0 Å². The van der Waals surface area contributed by atoms with Gasteiger partial charge >= 0.3 is 0 Å². The SMILES string of the molecule is C=Cc1ccc(COc2ccc(-c3cc(C)c(OCc4ccc(C=C)cc4)c(C(c4ccc(-c5ccccc5)cc4)c4cc(-c5ccc(OCc6ccc(C=C)cc6)c(C)c5)cc(C)c4OCc4ccc(C=C)cc4)c3)cc2C)cc1. The second-order valence-electron chi connectivity index (χ2n) is 20.7. The molecule has 10 rings (SSSR count). The first kappa shape index (κ1) is 54.7. The van der Waals surface area contributed by atoms with Gasteiger partial charge in [0.2, 0.25) is 0 Å². The second kappa shape index (κ2) is 25.4. The fourth-order valence-electron chi connectivity index (χ4n) is 10.4. The first-order valence-corrected chi connectivity index (χ1v) is 27.6. The Labute approximate surface area is 479 Å². The van der Waals surface area contributed by atoms with E-state index in [-0.39, 0.29) is 5.92 Å². The van der Waals surface area contributed by atoms with Crippen molar-refractivity contribution in [3.63, 3.8) is 0 Å². The third-order valence-electron chi connectivity index (χ3n) is 15.0. The van der Waals surface area contributed by atoms with Crippen LogP contribution in [0.3, 0.4) is 0 Å². The van der Waals surface area contributed by atoms with Crippen molar-refractivity contribution in [2.75, 3.05) is 0 Å². The molecule has 400 valence electrons. The molecule has 81 heavy (non-hydrogen) atoms. The van der Waals surface area contributed by atoms with Crippen LogP contribution >= 0.6 is 0 Å². The van der Waals surface area contributed by atoms with E-state index >= 15 is 0 Å². The maximum absolute atomic E-state index is 7.18. The number of hydrogen-bond donors (Lipinski definition) is 0. The zero-order valence-corrected chi connectivity index (χ0v) is 46.9. The lowest BCUT2D eigenvalue weighted by Gasteiger charge is -2.28. The highest BCUT2D eigenvalue weighted by molar-refractivity contribution is 5.75. The van der Waals surface area contributed by atoms with Crippen LogP contribution in [-0.4, -0.2) is 0 Å². The molecular formula is C77H68O4. The third-order valence-corrected chi connectivity index (χ3v) is 15.0. The summed E-state index contributed by atoms with van der Waals surface area (Å²) in [6.45, 7) is 26.0. The number of rotatable bonds is 22. The Bertz CT molecular complexity index is 3620. The van der Waals surface area contributed by atoms with Gasteiger partial charge in [0.1, 0.15) is 49.4 Å². The molecule has 10 aromatic rings. The monoisotopic (exact) mass is 1060 g/mol. The molecule has 0 unspecified atom stereocenters. The summed E-state index contributed by atoms with van der Waals surface area (Å²) < 4.78 is 27.3. The van der Waals surface area contributed by atoms with Crippen LogP contribution in [0, 0.1) is 27.7 Å². The molecule has 0 heterocycles. The Hall–Kier alpha value is -9.64. The molecule has 0 aliphatic carbocycles. The van der Waals surface area contributed by atoms with Gasteiger partial charge in [-0.1, -0.05) is 214 Å². The average molecular weight is 1060 g/mol. The van der Waals surface area contributed by atoms with Gasteiger partial charge in [0.25, 0.3) is 0 Å². The summed E-state index contributed by atoms with van der Waals surface area (Å²) in [6, 6.07) is 75.1. The van der Waals surface area contributed by atoms with Gasteiger partial charge in [-0.05, 0) is 182 Å². The van der Waals surface area contributed by atoms with Gasteiger partial charge in [0, 0.05) is 17.0 Å². The van der Waals surface area contributed by atoms with E-state index in [9.17, 15) is 0 Å². The molecule has 0 atom stereocenters. The van der Waals surface area contributed by atoms with Crippen LogP contribution in [0.15, 0.2) is 239 Å². The fourth-order valence-corrected chi connectivity index (χ4v) is 10.4. The Kier molecular flexibility index (Phi) is 17.2. The smallest absolute Gasteiger partial charge is 0.126 e. The van der Waals surface area contributed by atoms with Crippen molar-refractivity contribution in [2.45, 2.75) is 60.0 Å². The second-order valence-corrected chi connectivity index (χ2v) is 20.7. The highest BCUT2D eigenvalue weighted by Crippen LogP contribution is 2.48. The van der Waals surface area contributed by atoms with E-state index in [2.05, 4.69) is 266 Å². The molecule has 0 N–H and O–H groups in total. The fraction of sp³-hybridized carbons (Fsp3) is 0.117. The molecule has 0 aromatic heterocycles. The topological polar surface area (TPSA) is 36.9 Å². The molecule has 0 fully saturated rings. The lowest BCUT2D eigenvalue weighted by Crippen LogP contribution is -2.12. The molecule has 0 saturated heterocycles. The molecule has 10 aromatic carbocycles. The first-order chi connectivity index (χ1) is 39.6. The summed E-state index contributed by atoms with van der Waals surface area (Å²) in [5.41, 5.74) is 22.3. The predicted octanol–water partition coefficient (Wildman–Crippen LogP) is 20.0. The maximum Gasteiger partial charge on any atom is 0.126 e. The van der Waals surface area contributed by atoms with Crippen LogP contribution in [0.2, 0.25) is 0 Å². The molecule has 0 aliphatic rings. The highest BCUT2D eigenvalue weighted by Gasteiger charge is 2.29. The number of benzene rings is 10. The summed E-state index contributed by atoms with van der Waals surface area (Å²) in [5.74, 6) is 2.92. The summed E-state index contributed by atoms with van der Waals surface area (Å²) in [5, 5.41) is 0. The number of ether oxygens (including phenoxy) is 4. The van der Waals surface area contributed by atoms with Crippen molar-refractivity contribution in [3.05, 3.63) is 322 Å². The Morgan fingerprint density at radius 3 is 0.975 bits per heavy atom. The van der Waals surface area contributed by atoms with Crippen molar-refractivity contribution < 1.29 is 18.9 Å². The average Bonchev–Trinajstić information content (AvgIpc) is 3.66. The Balaban J connectivity index is 1.13. The van der Waals surface area contributed by atoms with E-state index in [0.29, 0.717) is 26.4 Å². The van der Waals surface area contributed by atoms with Gasteiger partial charge in [0.15, 0.2) is 0 Å². The van der Waals surface area contributed by atoms with E-state index in [1.807, 2.05) is 24.3 Å². The minimum absolute atomic E-state index is 0.364. The van der Waals surface area contributed by atoms with E-state index in [0.717, 1.165) is 140 Å². The molecule has 0 radical (unpaired) electrons. The lowest BCUT2D eigenvalue weighted by molar-refractivity contribution is 0.296. The Morgan fingerprint density at radius 2 is 0.630 bits per heavy atom. The quantitative estimate of drug-likeness (QED) is 0.0634. The number of hydrogen-bond acceptors (Lipinski definition) is 4. The van der Waals surface area contributed by atoms with Crippen molar-refractivity contribution >= 4 is 24.3 Å². The zero-order valence-electron chi connectivity index (χ0n) is 46.9. The Morgan fingerprint density at radius 1 is 0.309 bits per heavy atom. The predicted molar refractivity (Wildman–Crippen MR) is 339 cm³/mol. The molecule has 4 heteroatoms. The minimum atomic E-state index is -0.379. The van der Waals surface area contributed by atoms with Gasteiger partial charge in [-0.25, -0.2) is 0 Å². The van der Waals surface area contributed by atoms with Gasteiger partial charge in [0.05, 0.1) is 0 Å². The third kappa shape index (κ3) is 13.1. The van der Waals surface area contributed by atoms with E-state index in [1.165, 1.54) is 0 Å². The van der Waals surface area contributed by atoms with Crippen molar-refractivity contribution in [3.8, 4) is 56.4 Å². The highest BCUT2D eigenvalue weighted by atomic mass is 16.5. The first-order valence-electron chi connectivity index (χ1n) is 27.6. The van der Waals surface area contributed by atoms with E-state index < -0.39 is 0 Å². The largest absolute Gasteiger partial charge is 0.489 e. The van der Waals surface area contributed by atoms with Crippen molar-refractivity contribution in [2.24, 2.45) is 0 Å². The molecule has 0 saturated carbocycles. The van der Waals surface area contributed by atoms with Crippen LogP contribution in [0.1, 0.15) is 89.4 Å².